The van der Waals surface area contributed by atoms with E-state index < -0.39 is 12.8 Å². The van der Waals surface area contributed by atoms with Crippen molar-refractivity contribution in [3.8, 4) is 0 Å². The summed E-state index contributed by atoms with van der Waals surface area (Å²) < 4.78 is 15.6. The number of aliphatic hydroxyl groups is 1. The van der Waals surface area contributed by atoms with Crippen molar-refractivity contribution in [2.24, 2.45) is 5.92 Å². The molecule has 6 rings (SSSR count). The van der Waals surface area contributed by atoms with E-state index in [2.05, 4.69) is 71.8 Å². The molecule has 2 N–H and O–H groups in total. The third kappa shape index (κ3) is 5.25. The van der Waals surface area contributed by atoms with Gasteiger partial charge in [0.1, 0.15) is 0 Å². The van der Waals surface area contributed by atoms with Gasteiger partial charge in [-0.15, -0.1) is 0 Å². The highest BCUT2D eigenvalue weighted by atomic mass is 31.2. The van der Waals surface area contributed by atoms with Crippen LogP contribution in [0.4, 0.5) is 0 Å². The second-order valence-electron chi connectivity index (χ2n) is 10.7. The SMILES string of the molecule is O=P(N[C@@]1(c2ccccc2)C=C(c2ccccc2)C[C@H](c2ccccc2)[C@H]1CO)(c1ccccc1)c1ccccc1. The Morgan fingerprint density at radius 1 is 0.659 bits per heavy atom. The topological polar surface area (TPSA) is 49.3 Å². The maximum atomic E-state index is 15.6. The maximum absolute atomic E-state index is 15.6. The van der Waals surface area contributed by atoms with E-state index in [9.17, 15) is 5.11 Å². The van der Waals surface area contributed by atoms with Crippen LogP contribution >= 0.6 is 7.29 Å². The van der Waals surface area contributed by atoms with Crippen LogP contribution in [0.1, 0.15) is 29.0 Å². The molecule has 0 aliphatic heterocycles. The number of hydrogen-bond acceptors (Lipinski definition) is 2. The fourth-order valence-corrected chi connectivity index (χ4v) is 8.94. The Balaban J connectivity index is 1.65. The van der Waals surface area contributed by atoms with Crippen molar-refractivity contribution in [3.05, 3.63) is 174 Å². The van der Waals surface area contributed by atoms with Crippen molar-refractivity contribution in [1.29, 1.82) is 0 Å². The molecular formula is C37H34NO2P. The van der Waals surface area contributed by atoms with Gasteiger partial charge in [0.25, 0.3) is 0 Å². The van der Waals surface area contributed by atoms with Gasteiger partial charge in [-0.25, -0.2) is 5.09 Å². The van der Waals surface area contributed by atoms with E-state index in [1.165, 1.54) is 0 Å². The number of hydrogen-bond donors (Lipinski definition) is 2. The molecule has 41 heavy (non-hydrogen) atoms. The summed E-state index contributed by atoms with van der Waals surface area (Å²) in [4.78, 5) is 0. The lowest BCUT2D eigenvalue weighted by Crippen LogP contribution is -2.53. The lowest BCUT2D eigenvalue weighted by atomic mass is 9.63. The molecule has 3 nitrogen and oxygen atoms in total. The molecule has 204 valence electrons. The first kappa shape index (κ1) is 27.2. The summed E-state index contributed by atoms with van der Waals surface area (Å²) in [5.74, 6) is -0.311. The van der Waals surface area contributed by atoms with Gasteiger partial charge in [-0.05, 0) is 58.9 Å². The minimum absolute atomic E-state index is 0.0193. The molecule has 0 unspecified atom stereocenters. The van der Waals surface area contributed by atoms with Crippen molar-refractivity contribution in [2.45, 2.75) is 17.9 Å². The minimum atomic E-state index is -3.42. The molecule has 0 heterocycles. The smallest absolute Gasteiger partial charge is 0.205 e. The third-order valence-corrected chi connectivity index (χ3v) is 11.1. The molecule has 3 atom stereocenters. The van der Waals surface area contributed by atoms with Gasteiger partial charge >= 0.3 is 0 Å². The first-order valence-electron chi connectivity index (χ1n) is 14.1. The first-order chi connectivity index (χ1) is 20.1. The molecule has 0 fully saturated rings. The van der Waals surface area contributed by atoms with Gasteiger partial charge < -0.3 is 5.11 Å². The van der Waals surface area contributed by atoms with Crippen LogP contribution in [-0.4, -0.2) is 11.7 Å². The van der Waals surface area contributed by atoms with E-state index in [-0.39, 0.29) is 18.4 Å². The first-order valence-corrected chi connectivity index (χ1v) is 15.8. The van der Waals surface area contributed by atoms with E-state index in [0.717, 1.165) is 39.3 Å². The van der Waals surface area contributed by atoms with Crippen LogP contribution in [-0.2, 0) is 10.1 Å². The molecule has 0 saturated carbocycles. The largest absolute Gasteiger partial charge is 0.396 e. The Morgan fingerprint density at radius 2 is 1.12 bits per heavy atom. The van der Waals surface area contributed by atoms with Crippen molar-refractivity contribution < 1.29 is 9.67 Å². The number of benzene rings is 5. The number of nitrogens with one attached hydrogen (secondary N) is 1. The van der Waals surface area contributed by atoms with E-state index in [1.54, 1.807) is 0 Å². The van der Waals surface area contributed by atoms with Gasteiger partial charge in [-0.1, -0.05) is 133 Å². The minimum Gasteiger partial charge on any atom is -0.396 e. The second-order valence-corrected chi connectivity index (χ2v) is 13.1. The van der Waals surface area contributed by atoms with Gasteiger partial charge in [0.15, 0.2) is 0 Å². The van der Waals surface area contributed by atoms with E-state index in [0.29, 0.717) is 0 Å². The van der Waals surface area contributed by atoms with Crippen LogP contribution in [0.25, 0.3) is 5.57 Å². The Bertz CT molecular complexity index is 1600. The summed E-state index contributed by atoms with van der Waals surface area (Å²) in [5.41, 5.74) is 3.47. The Hall–Kier alpha value is -4.01. The summed E-state index contributed by atoms with van der Waals surface area (Å²) in [6.45, 7) is -0.0798. The number of aliphatic hydroxyl groups excluding tert-OH is 1. The molecule has 0 saturated heterocycles. The zero-order valence-electron chi connectivity index (χ0n) is 22.9. The molecule has 1 aliphatic carbocycles. The lowest BCUT2D eigenvalue weighted by molar-refractivity contribution is 0.136. The highest BCUT2D eigenvalue weighted by molar-refractivity contribution is 7.77. The van der Waals surface area contributed by atoms with Crippen LogP contribution in [0.5, 0.6) is 0 Å². The van der Waals surface area contributed by atoms with Crippen molar-refractivity contribution in [1.82, 2.24) is 5.09 Å². The van der Waals surface area contributed by atoms with E-state index in [1.807, 2.05) is 91.0 Å². The predicted molar refractivity (Wildman–Crippen MR) is 170 cm³/mol. The summed E-state index contributed by atoms with van der Waals surface area (Å²) in [7, 11) is -3.42. The van der Waals surface area contributed by atoms with Gasteiger partial charge in [0.05, 0.1) is 5.54 Å². The average molecular weight is 556 g/mol. The number of rotatable bonds is 8. The molecule has 0 bridgehead atoms. The van der Waals surface area contributed by atoms with Crippen LogP contribution in [0.3, 0.4) is 0 Å². The fourth-order valence-electron chi connectivity index (χ4n) is 6.32. The van der Waals surface area contributed by atoms with Crippen LogP contribution < -0.4 is 15.7 Å². The Morgan fingerprint density at radius 3 is 1.63 bits per heavy atom. The van der Waals surface area contributed by atoms with Crippen molar-refractivity contribution >= 4 is 23.5 Å². The quantitative estimate of drug-likeness (QED) is 0.198. The summed E-state index contributed by atoms with van der Waals surface area (Å²) in [6, 6.07) is 50.4. The fraction of sp³-hybridized carbons (Fsp3) is 0.135. The maximum Gasteiger partial charge on any atom is 0.205 e. The zero-order valence-corrected chi connectivity index (χ0v) is 23.8. The molecule has 1 aliphatic rings. The zero-order chi connectivity index (χ0) is 28.1. The highest BCUT2D eigenvalue weighted by Crippen LogP contribution is 2.54. The molecule has 0 aromatic heterocycles. The van der Waals surface area contributed by atoms with Crippen molar-refractivity contribution in [2.75, 3.05) is 6.61 Å². The average Bonchev–Trinajstić information content (AvgIpc) is 3.06. The van der Waals surface area contributed by atoms with E-state index >= 15 is 4.57 Å². The highest BCUT2D eigenvalue weighted by Gasteiger charge is 2.50. The van der Waals surface area contributed by atoms with Gasteiger partial charge in [-0.2, -0.15) is 0 Å². The number of allylic oxidation sites excluding steroid dienone is 1. The monoisotopic (exact) mass is 555 g/mol. The van der Waals surface area contributed by atoms with E-state index in [4.69, 9.17) is 0 Å². The molecule has 0 amide bonds. The van der Waals surface area contributed by atoms with Crippen molar-refractivity contribution in [3.63, 3.8) is 0 Å². The molecule has 0 radical (unpaired) electrons. The van der Waals surface area contributed by atoms with Crippen LogP contribution in [0.2, 0.25) is 0 Å². The predicted octanol–water partition coefficient (Wildman–Crippen LogP) is 7.28. The second kappa shape index (κ2) is 11.8. The van der Waals surface area contributed by atoms with Gasteiger partial charge in [0.2, 0.25) is 7.29 Å². The Kier molecular flexibility index (Phi) is 7.85. The van der Waals surface area contributed by atoms with Gasteiger partial charge in [-0.3, -0.25) is 4.57 Å². The Labute approximate surface area is 242 Å². The normalized spacial score (nSPS) is 20.8. The molecule has 5 aromatic rings. The summed E-state index contributed by atoms with van der Waals surface area (Å²) >= 11 is 0. The molecule has 4 heteroatoms. The molecular weight excluding hydrogens is 521 g/mol. The molecule has 0 spiro atoms. The summed E-state index contributed by atoms with van der Waals surface area (Å²) in [5, 5.41) is 16.5. The van der Waals surface area contributed by atoms with Crippen LogP contribution in [0.15, 0.2) is 158 Å². The summed E-state index contributed by atoms with van der Waals surface area (Å²) in [6.07, 6.45) is 3.01. The third-order valence-electron chi connectivity index (χ3n) is 8.31. The van der Waals surface area contributed by atoms with Gasteiger partial charge in [0, 0.05) is 23.1 Å². The lowest BCUT2D eigenvalue weighted by Gasteiger charge is -2.49. The molecule has 5 aromatic carbocycles. The standard InChI is InChI=1S/C37H34NO2P/c39-28-36-35(30-18-8-2-9-19-30)26-31(29-16-6-1-7-17-29)27-37(36,32-20-10-3-11-21-32)38-41(40,33-22-12-4-13-23-33)34-24-14-5-15-25-34/h1-25,27,35-36,39H,26,28H2,(H,38,40)/t35-,36-,37-/m1/s1. The van der Waals surface area contributed by atoms with Crippen LogP contribution in [0, 0.1) is 5.92 Å².